The van der Waals surface area contributed by atoms with Gasteiger partial charge in [0.25, 0.3) is 11.8 Å². The fourth-order valence-electron chi connectivity index (χ4n) is 4.69. The standard InChI is InChI=1S/C20H22N2O9S2/c1-29-10-5-3-8(13(25)14(10)30-2)15-12-17(26)22-20(33-32-15,18(27)21-12)7-19(28)11(24)6-4-9(23)16(19)31-22/h3-6,9,11-12,15-16,23-25,28H,7H2,1-2H3,(H,21,27). The van der Waals surface area contributed by atoms with Crippen molar-refractivity contribution in [2.24, 2.45) is 0 Å². The van der Waals surface area contributed by atoms with E-state index in [-0.39, 0.29) is 17.9 Å². The van der Waals surface area contributed by atoms with E-state index in [1.807, 2.05) is 0 Å². The maximum absolute atomic E-state index is 13.5. The Morgan fingerprint density at radius 1 is 1.21 bits per heavy atom. The first kappa shape index (κ1) is 22.6. The van der Waals surface area contributed by atoms with Gasteiger partial charge >= 0.3 is 0 Å². The number of phenols is 1. The fourth-order valence-corrected chi connectivity index (χ4v) is 8.21. The first-order valence-corrected chi connectivity index (χ1v) is 12.3. The molecule has 6 rings (SSSR count). The van der Waals surface area contributed by atoms with Crippen LogP contribution in [0.5, 0.6) is 17.2 Å². The number of rotatable bonds is 3. The molecular weight excluding hydrogens is 476 g/mol. The van der Waals surface area contributed by atoms with Crippen LogP contribution in [0.4, 0.5) is 0 Å². The highest BCUT2D eigenvalue weighted by molar-refractivity contribution is 8.77. The number of carbonyl (C=O) groups excluding carboxylic acids is 2. The van der Waals surface area contributed by atoms with Gasteiger partial charge in [-0.2, -0.15) is 5.06 Å². The third-order valence-electron chi connectivity index (χ3n) is 6.43. The van der Waals surface area contributed by atoms with E-state index < -0.39 is 51.9 Å². The molecule has 7 atom stereocenters. The van der Waals surface area contributed by atoms with Crippen LogP contribution < -0.4 is 14.8 Å². The molecule has 4 saturated heterocycles. The maximum Gasteiger partial charge on any atom is 0.272 e. The Hall–Kier alpha value is -2.16. The van der Waals surface area contributed by atoms with Crippen LogP contribution in [0.1, 0.15) is 17.2 Å². The highest BCUT2D eigenvalue weighted by Gasteiger charge is 2.69. The van der Waals surface area contributed by atoms with E-state index in [1.54, 1.807) is 12.1 Å². The molecule has 0 aromatic heterocycles. The minimum absolute atomic E-state index is 0.0861. The monoisotopic (exact) mass is 498 g/mol. The first-order valence-electron chi connectivity index (χ1n) is 10.0. The fraction of sp³-hybridized carbons (Fsp3) is 0.500. The average Bonchev–Trinajstić information content (AvgIpc) is 2.99. The molecule has 5 N–H and O–H groups in total. The Morgan fingerprint density at radius 3 is 2.67 bits per heavy atom. The topological polar surface area (TPSA) is 158 Å². The van der Waals surface area contributed by atoms with Gasteiger partial charge in [0, 0.05) is 12.0 Å². The van der Waals surface area contributed by atoms with E-state index >= 15 is 0 Å². The smallest absolute Gasteiger partial charge is 0.272 e. The number of piperazine rings is 1. The van der Waals surface area contributed by atoms with Crippen molar-refractivity contribution in [3.63, 3.8) is 0 Å². The summed E-state index contributed by atoms with van der Waals surface area (Å²) < 4.78 is 10.5. The molecule has 4 aliphatic heterocycles. The van der Waals surface area contributed by atoms with Crippen LogP contribution in [0.15, 0.2) is 24.3 Å². The van der Waals surface area contributed by atoms with Crippen molar-refractivity contribution >= 4 is 33.4 Å². The summed E-state index contributed by atoms with van der Waals surface area (Å²) in [5.41, 5.74) is -1.67. The van der Waals surface area contributed by atoms with Gasteiger partial charge < -0.3 is 35.2 Å². The van der Waals surface area contributed by atoms with E-state index in [0.29, 0.717) is 11.3 Å². The largest absolute Gasteiger partial charge is 0.504 e. The number of phenolic OH excluding ortho intramolecular Hbond substituents is 1. The number of aliphatic hydroxyl groups excluding tert-OH is 2. The zero-order valence-corrected chi connectivity index (χ0v) is 19.1. The summed E-state index contributed by atoms with van der Waals surface area (Å²) in [5.74, 6) is -1.05. The molecule has 0 radical (unpaired) electrons. The number of carbonyl (C=O) groups is 2. The van der Waals surface area contributed by atoms with Gasteiger partial charge in [0.2, 0.25) is 10.6 Å². The minimum atomic E-state index is -2.01. The number of amides is 2. The number of nitrogens with zero attached hydrogens (tertiary/aromatic N) is 1. The number of hydrogen-bond acceptors (Lipinski definition) is 11. The van der Waals surface area contributed by atoms with Gasteiger partial charge in [-0.3, -0.25) is 14.4 Å². The summed E-state index contributed by atoms with van der Waals surface area (Å²) in [6, 6.07) is 2.05. The van der Waals surface area contributed by atoms with Crippen LogP contribution >= 0.6 is 21.6 Å². The Balaban J connectivity index is 1.58. The molecule has 2 bridgehead atoms. The minimum Gasteiger partial charge on any atom is -0.504 e. The number of aromatic hydroxyl groups is 1. The maximum atomic E-state index is 13.5. The lowest BCUT2D eigenvalue weighted by Crippen LogP contribution is -2.77. The van der Waals surface area contributed by atoms with Gasteiger partial charge in [0.05, 0.1) is 19.5 Å². The zero-order valence-electron chi connectivity index (χ0n) is 17.5. The molecule has 1 aliphatic carbocycles. The lowest BCUT2D eigenvalue weighted by molar-refractivity contribution is -0.326. The van der Waals surface area contributed by atoms with Gasteiger partial charge in [-0.05, 0) is 6.07 Å². The molecule has 1 spiro atoms. The summed E-state index contributed by atoms with van der Waals surface area (Å²) in [5, 5.41) is 45.7. The second kappa shape index (κ2) is 7.68. The lowest BCUT2D eigenvalue weighted by Gasteiger charge is -2.56. The number of fused-ring (bicyclic) bond motifs is 4. The molecule has 1 aromatic carbocycles. The number of aliphatic hydroxyl groups is 3. The van der Waals surface area contributed by atoms with Gasteiger partial charge in [0.15, 0.2) is 11.5 Å². The zero-order chi connectivity index (χ0) is 23.7. The third kappa shape index (κ3) is 3.00. The number of ether oxygens (including phenoxy) is 2. The predicted molar refractivity (Wildman–Crippen MR) is 116 cm³/mol. The number of benzene rings is 1. The predicted octanol–water partition coefficient (Wildman–Crippen LogP) is -0.405. The molecule has 0 saturated carbocycles. The molecule has 11 nitrogen and oxygen atoms in total. The molecular formula is C20H22N2O9S2. The third-order valence-corrected chi connectivity index (χ3v) is 9.77. The molecule has 33 heavy (non-hydrogen) atoms. The van der Waals surface area contributed by atoms with E-state index in [4.69, 9.17) is 14.3 Å². The summed E-state index contributed by atoms with van der Waals surface area (Å²) in [4.78, 5) is 30.8. The van der Waals surface area contributed by atoms with Crippen molar-refractivity contribution in [3.05, 3.63) is 29.8 Å². The summed E-state index contributed by atoms with van der Waals surface area (Å²) in [7, 11) is 4.93. The molecule has 178 valence electrons. The summed E-state index contributed by atoms with van der Waals surface area (Å²) in [6.07, 6.45) is -1.92. The van der Waals surface area contributed by atoms with E-state index in [1.165, 1.54) is 26.4 Å². The first-order chi connectivity index (χ1) is 15.7. The van der Waals surface area contributed by atoms with E-state index in [0.717, 1.165) is 26.7 Å². The van der Waals surface area contributed by atoms with Crippen LogP contribution in [-0.4, -0.2) is 86.3 Å². The highest BCUT2D eigenvalue weighted by atomic mass is 33.1. The van der Waals surface area contributed by atoms with Crippen LogP contribution in [0.3, 0.4) is 0 Å². The number of nitrogens with one attached hydrogen (secondary N) is 1. The van der Waals surface area contributed by atoms with Crippen LogP contribution in [-0.2, 0) is 14.4 Å². The lowest BCUT2D eigenvalue weighted by atomic mass is 9.76. The van der Waals surface area contributed by atoms with Crippen LogP contribution in [0.2, 0.25) is 0 Å². The molecule has 13 heteroatoms. The second-order valence-electron chi connectivity index (χ2n) is 8.22. The van der Waals surface area contributed by atoms with Gasteiger partial charge in [-0.25, -0.2) is 0 Å². The van der Waals surface area contributed by atoms with Crippen molar-refractivity contribution < 1.29 is 44.3 Å². The highest BCUT2D eigenvalue weighted by Crippen LogP contribution is 2.61. The SMILES string of the molecule is COc1ccc(C2SSC34CC5(O)C(O)C=CC(O)C5ON3C(=O)C2NC4=O)c(O)c1OC. The summed E-state index contributed by atoms with van der Waals surface area (Å²) in [6.45, 7) is 0. The van der Waals surface area contributed by atoms with Gasteiger partial charge in [-0.1, -0.05) is 39.8 Å². The molecule has 4 heterocycles. The molecule has 4 fully saturated rings. The van der Waals surface area contributed by atoms with Gasteiger partial charge in [-0.15, -0.1) is 0 Å². The van der Waals surface area contributed by atoms with Crippen molar-refractivity contribution in [1.29, 1.82) is 0 Å². The Morgan fingerprint density at radius 2 is 1.97 bits per heavy atom. The van der Waals surface area contributed by atoms with Crippen molar-refractivity contribution in [3.8, 4) is 17.2 Å². The normalized spacial score (nSPS) is 39.4. The molecule has 1 aromatic rings. The second-order valence-corrected chi connectivity index (χ2v) is 10.8. The van der Waals surface area contributed by atoms with Crippen LogP contribution in [0.25, 0.3) is 0 Å². The van der Waals surface area contributed by atoms with E-state index in [9.17, 15) is 30.0 Å². The number of hydroxylamine groups is 2. The van der Waals surface area contributed by atoms with E-state index in [2.05, 4.69) is 5.32 Å². The number of hydrogen-bond donors (Lipinski definition) is 5. The van der Waals surface area contributed by atoms with Crippen molar-refractivity contribution in [2.45, 2.75) is 46.5 Å². The Labute approximate surface area is 196 Å². The Kier molecular flexibility index (Phi) is 5.27. The quantitative estimate of drug-likeness (QED) is 0.273. The van der Waals surface area contributed by atoms with Crippen LogP contribution in [0, 0.1) is 0 Å². The molecule has 5 aliphatic rings. The van der Waals surface area contributed by atoms with Crippen molar-refractivity contribution in [2.75, 3.05) is 14.2 Å². The average molecular weight is 499 g/mol. The molecule has 2 amide bonds. The van der Waals surface area contributed by atoms with Crippen molar-refractivity contribution in [1.82, 2.24) is 10.4 Å². The summed E-state index contributed by atoms with van der Waals surface area (Å²) >= 11 is 0. The Bertz CT molecular complexity index is 1050. The van der Waals surface area contributed by atoms with Gasteiger partial charge in [0.1, 0.15) is 30.0 Å². The molecule has 7 unspecified atom stereocenters. The number of methoxy groups -OCH3 is 2.